The maximum Gasteiger partial charge on any atom is 0.263 e. The number of aryl methyl sites for hydroxylation is 2. The number of hydrogen-bond donors (Lipinski definition) is 1. The summed E-state index contributed by atoms with van der Waals surface area (Å²) in [6.07, 6.45) is 4.75. The monoisotopic (exact) mass is 448 g/mol. The van der Waals surface area contributed by atoms with Gasteiger partial charge in [0.1, 0.15) is 5.75 Å². The van der Waals surface area contributed by atoms with Gasteiger partial charge >= 0.3 is 0 Å². The molecule has 0 radical (unpaired) electrons. The number of fused-ring (bicyclic) bond motifs is 2. The molecular formula is C22H25ClN2O4S. The second-order valence-corrected chi connectivity index (χ2v) is 10.3. The molecule has 160 valence electrons. The van der Waals surface area contributed by atoms with Gasteiger partial charge in [-0.15, -0.1) is 0 Å². The van der Waals surface area contributed by atoms with Crippen LogP contribution in [0.2, 0.25) is 5.02 Å². The molecule has 1 aliphatic heterocycles. The Morgan fingerprint density at radius 1 is 1.17 bits per heavy atom. The summed E-state index contributed by atoms with van der Waals surface area (Å²) in [5.41, 5.74) is 4.12. The van der Waals surface area contributed by atoms with Crippen LogP contribution in [0, 0.1) is 0 Å². The van der Waals surface area contributed by atoms with Crippen molar-refractivity contribution >= 4 is 33.2 Å². The number of nitrogens with one attached hydrogen (secondary N) is 1. The summed E-state index contributed by atoms with van der Waals surface area (Å²) >= 11 is 6.02. The number of rotatable bonds is 4. The van der Waals surface area contributed by atoms with E-state index in [0.717, 1.165) is 24.7 Å². The molecule has 0 fully saturated rings. The molecule has 1 N–H and O–H groups in total. The third-order valence-corrected chi connectivity index (χ3v) is 7.10. The summed E-state index contributed by atoms with van der Waals surface area (Å²) in [5.74, 6) is -0.0351. The van der Waals surface area contributed by atoms with Crippen molar-refractivity contribution in [2.45, 2.75) is 44.8 Å². The first-order valence-electron chi connectivity index (χ1n) is 10.1. The number of sulfonamides is 1. The Morgan fingerprint density at radius 2 is 1.90 bits per heavy atom. The highest BCUT2D eigenvalue weighted by molar-refractivity contribution is 7.92. The first-order valence-corrected chi connectivity index (χ1v) is 12.3. The van der Waals surface area contributed by atoms with Gasteiger partial charge in [0, 0.05) is 5.02 Å². The summed E-state index contributed by atoms with van der Waals surface area (Å²) in [6.45, 7) is 1.82. The second kappa shape index (κ2) is 8.12. The number of benzene rings is 2. The van der Waals surface area contributed by atoms with Gasteiger partial charge in [0.25, 0.3) is 5.91 Å². The van der Waals surface area contributed by atoms with E-state index in [0.29, 0.717) is 16.5 Å². The van der Waals surface area contributed by atoms with E-state index in [9.17, 15) is 13.2 Å². The number of halogens is 1. The highest BCUT2D eigenvalue weighted by atomic mass is 35.5. The maximum absolute atomic E-state index is 12.9. The van der Waals surface area contributed by atoms with Crippen molar-refractivity contribution in [2.24, 2.45) is 0 Å². The number of ether oxygens (including phenoxy) is 1. The molecule has 0 saturated carbocycles. The summed E-state index contributed by atoms with van der Waals surface area (Å²) in [4.78, 5) is 12.9. The van der Waals surface area contributed by atoms with E-state index in [1.54, 1.807) is 12.1 Å². The molecule has 1 amide bonds. The van der Waals surface area contributed by atoms with Gasteiger partial charge in [-0.3, -0.25) is 9.10 Å². The van der Waals surface area contributed by atoms with Crippen molar-refractivity contribution in [1.82, 2.24) is 5.32 Å². The molecule has 6 nitrogen and oxygen atoms in total. The lowest BCUT2D eigenvalue weighted by Gasteiger charge is -2.34. The van der Waals surface area contributed by atoms with Crippen LogP contribution in [0.25, 0.3) is 0 Å². The van der Waals surface area contributed by atoms with Crippen LogP contribution >= 0.6 is 11.6 Å². The quantitative estimate of drug-likeness (QED) is 0.775. The van der Waals surface area contributed by atoms with Crippen LogP contribution in [0.1, 0.15) is 42.5 Å². The Kier molecular flexibility index (Phi) is 5.68. The minimum atomic E-state index is -3.60. The van der Waals surface area contributed by atoms with Gasteiger partial charge in [-0.1, -0.05) is 29.8 Å². The topological polar surface area (TPSA) is 75.7 Å². The SMILES string of the molecule is C[C@@H](NC(=O)[C@H]1CN(S(C)(=O)=O)c2cc(Cl)ccc2O1)c1ccc2c(c1)CCCC2. The van der Waals surface area contributed by atoms with Gasteiger partial charge < -0.3 is 10.1 Å². The summed E-state index contributed by atoms with van der Waals surface area (Å²) in [5, 5.41) is 3.37. The molecule has 0 unspecified atom stereocenters. The smallest absolute Gasteiger partial charge is 0.263 e. The zero-order chi connectivity index (χ0) is 21.5. The molecule has 1 heterocycles. The van der Waals surface area contributed by atoms with Gasteiger partial charge in [0.05, 0.1) is 24.5 Å². The molecule has 1 aliphatic carbocycles. The molecule has 0 spiro atoms. The molecule has 2 aliphatic rings. The van der Waals surface area contributed by atoms with Gasteiger partial charge in [0.2, 0.25) is 10.0 Å². The fraction of sp³-hybridized carbons (Fsp3) is 0.409. The third-order valence-electron chi connectivity index (χ3n) is 5.71. The van der Waals surface area contributed by atoms with Gasteiger partial charge in [-0.05, 0) is 67.5 Å². The van der Waals surface area contributed by atoms with Crippen LogP contribution in [0.5, 0.6) is 5.75 Å². The van der Waals surface area contributed by atoms with E-state index in [2.05, 4.69) is 23.5 Å². The number of amides is 1. The Balaban J connectivity index is 1.53. The molecule has 0 saturated heterocycles. The summed E-state index contributed by atoms with van der Waals surface area (Å²) in [6, 6.07) is 10.9. The Morgan fingerprint density at radius 3 is 2.63 bits per heavy atom. The average Bonchev–Trinajstić information content (AvgIpc) is 2.71. The van der Waals surface area contributed by atoms with Crippen molar-refractivity contribution in [3.05, 3.63) is 58.1 Å². The Bertz CT molecular complexity index is 1090. The summed E-state index contributed by atoms with van der Waals surface area (Å²) in [7, 11) is -3.60. The Hall–Kier alpha value is -2.25. The number of anilines is 1. The fourth-order valence-corrected chi connectivity index (χ4v) is 5.16. The number of hydrogen-bond acceptors (Lipinski definition) is 4. The molecule has 30 heavy (non-hydrogen) atoms. The van der Waals surface area contributed by atoms with Gasteiger partial charge in [-0.2, -0.15) is 0 Å². The highest BCUT2D eigenvalue weighted by Gasteiger charge is 2.35. The van der Waals surface area contributed by atoms with Gasteiger partial charge in [0.15, 0.2) is 6.10 Å². The normalized spacial score (nSPS) is 19.3. The Labute approximate surface area is 182 Å². The maximum atomic E-state index is 12.9. The minimum Gasteiger partial charge on any atom is -0.476 e. The van der Waals surface area contributed by atoms with Crippen LogP contribution < -0.4 is 14.4 Å². The van der Waals surface area contributed by atoms with Crippen molar-refractivity contribution in [2.75, 3.05) is 17.1 Å². The lowest BCUT2D eigenvalue weighted by molar-refractivity contribution is -0.128. The zero-order valence-corrected chi connectivity index (χ0v) is 18.6. The number of carbonyl (C=O) groups is 1. The van der Waals surface area contributed by atoms with Crippen molar-refractivity contribution < 1.29 is 17.9 Å². The standard InChI is InChI=1S/C22H25ClN2O4S/c1-14(16-8-7-15-5-3-4-6-17(15)11-16)24-22(26)21-13-25(30(2,27)28)19-12-18(23)9-10-20(19)29-21/h7-12,14,21H,3-6,13H2,1-2H3,(H,24,26)/t14-,21-/m1/s1. The van der Waals surface area contributed by atoms with Crippen molar-refractivity contribution in [1.29, 1.82) is 0 Å². The molecule has 8 heteroatoms. The van der Waals surface area contributed by atoms with Crippen LogP contribution in [-0.4, -0.2) is 33.2 Å². The fourth-order valence-electron chi connectivity index (χ4n) is 4.09. The van der Waals surface area contributed by atoms with E-state index >= 15 is 0 Å². The zero-order valence-electron chi connectivity index (χ0n) is 17.0. The van der Waals surface area contributed by atoms with E-state index in [1.807, 2.05) is 6.92 Å². The molecular weight excluding hydrogens is 424 g/mol. The highest BCUT2D eigenvalue weighted by Crippen LogP contribution is 2.37. The van der Waals surface area contributed by atoms with Crippen LogP contribution in [-0.2, 0) is 27.7 Å². The van der Waals surface area contributed by atoms with Crippen molar-refractivity contribution in [3.63, 3.8) is 0 Å². The molecule has 2 aromatic rings. The number of carbonyl (C=O) groups excluding carboxylic acids is 1. The summed E-state index contributed by atoms with van der Waals surface area (Å²) < 4.78 is 31.6. The average molecular weight is 449 g/mol. The van der Waals surface area contributed by atoms with E-state index < -0.39 is 16.1 Å². The van der Waals surface area contributed by atoms with Gasteiger partial charge in [-0.25, -0.2) is 8.42 Å². The molecule has 0 aromatic heterocycles. The third kappa shape index (κ3) is 4.27. The molecule has 4 rings (SSSR count). The second-order valence-electron chi connectivity index (χ2n) is 7.98. The number of nitrogens with zero attached hydrogens (tertiary/aromatic N) is 1. The van der Waals surface area contributed by atoms with E-state index in [1.165, 1.54) is 34.3 Å². The lowest BCUT2D eigenvalue weighted by Crippen LogP contribution is -2.50. The predicted octanol–water partition coefficient (Wildman–Crippen LogP) is 3.62. The van der Waals surface area contributed by atoms with E-state index in [-0.39, 0.29) is 18.5 Å². The van der Waals surface area contributed by atoms with E-state index in [4.69, 9.17) is 16.3 Å². The molecule has 2 atom stereocenters. The van der Waals surface area contributed by atoms with Crippen molar-refractivity contribution in [3.8, 4) is 5.75 Å². The first kappa shape index (κ1) is 21.0. The van der Waals surface area contributed by atoms with Crippen LogP contribution in [0.15, 0.2) is 36.4 Å². The molecule has 2 aromatic carbocycles. The lowest BCUT2D eigenvalue weighted by atomic mass is 9.89. The minimum absolute atomic E-state index is 0.102. The molecule has 0 bridgehead atoms. The van der Waals surface area contributed by atoms with Crippen LogP contribution in [0.4, 0.5) is 5.69 Å². The van der Waals surface area contributed by atoms with Crippen LogP contribution in [0.3, 0.4) is 0 Å². The predicted molar refractivity (Wildman–Crippen MR) is 118 cm³/mol. The first-order chi connectivity index (χ1) is 14.2. The largest absolute Gasteiger partial charge is 0.476 e.